The number of methoxy groups -OCH3 is 1. The van der Waals surface area contributed by atoms with Crippen LogP contribution in [0.4, 0.5) is 0 Å². The topological polar surface area (TPSA) is 30.5 Å². The summed E-state index contributed by atoms with van der Waals surface area (Å²) in [6.45, 7) is 1.71. The molecule has 1 fully saturated rings. The molecule has 1 heterocycles. The Labute approximate surface area is 122 Å². The second-order valence-corrected chi connectivity index (χ2v) is 6.41. The van der Waals surface area contributed by atoms with E-state index in [2.05, 4.69) is 27.3 Å². The van der Waals surface area contributed by atoms with Crippen LogP contribution in [0.2, 0.25) is 0 Å². The first-order valence-corrected chi connectivity index (χ1v) is 7.72. The number of hydrogen-bond donors (Lipinski definition) is 1. The summed E-state index contributed by atoms with van der Waals surface area (Å²) in [7, 11) is 1.83. The van der Waals surface area contributed by atoms with Crippen molar-refractivity contribution >= 4 is 15.9 Å². The summed E-state index contributed by atoms with van der Waals surface area (Å²) in [4.78, 5) is 0. The minimum atomic E-state index is 0.0739. The van der Waals surface area contributed by atoms with Crippen molar-refractivity contribution in [2.24, 2.45) is 0 Å². The molecule has 2 aliphatic rings. The maximum Gasteiger partial charge on any atom is 0.124 e. The van der Waals surface area contributed by atoms with Crippen LogP contribution in [-0.2, 0) is 4.74 Å². The Balaban J connectivity index is 1.71. The van der Waals surface area contributed by atoms with Crippen LogP contribution in [0.15, 0.2) is 22.7 Å². The minimum absolute atomic E-state index is 0.0739. The van der Waals surface area contributed by atoms with E-state index in [0.29, 0.717) is 6.04 Å². The first kappa shape index (κ1) is 13.4. The number of benzene rings is 1. The third kappa shape index (κ3) is 2.67. The smallest absolute Gasteiger partial charge is 0.124 e. The van der Waals surface area contributed by atoms with Gasteiger partial charge in [-0.25, -0.2) is 0 Å². The molecule has 0 aromatic heterocycles. The van der Waals surface area contributed by atoms with E-state index in [4.69, 9.17) is 9.47 Å². The highest BCUT2D eigenvalue weighted by molar-refractivity contribution is 9.10. The number of rotatable bonds is 4. The summed E-state index contributed by atoms with van der Waals surface area (Å²) in [5.74, 6) is 1.01. The maximum atomic E-state index is 5.72. The average Bonchev–Trinajstić information content (AvgIpc) is 2.38. The molecule has 0 spiro atoms. The summed E-state index contributed by atoms with van der Waals surface area (Å²) >= 11 is 3.54. The van der Waals surface area contributed by atoms with Crippen molar-refractivity contribution in [3.8, 4) is 5.75 Å². The molecule has 0 saturated heterocycles. The lowest BCUT2D eigenvalue weighted by atomic mass is 9.79. The van der Waals surface area contributed by atoms with E-state index in [0.717, 1.165) is 29.8 Å². The van der Waals surface area contributed by atoms with Gasteiger partial charge in [0.25, 0.3) is 0 Å². The van der Waals surface area contributed by atoms with Crippen molar-refractivity contribution in [3.63, 3.8) is 0 Å². The van der Waals surface area contributed by atoms with Gasteiger partial charge in [-0.1, -0.05) is 15.9 Å². The summed E-state index contributed by atoms with van der Waals surface area (Å²) in [6, 6.07) is 6.60. The molecule has 1 aromatic rings. The summed E-state index contributed by atoms with van der Waals surface area (Å²) in [5, 5.41) is 3.67. The van der Waals surface area contributed by atoms with Crippen LogP contribution in [0.1, 0.15) is 37.3 Å². The molecule has 1 aromatic carbocycles. The molecule has 3 nitrogen and oxygen atoms in total. The summed E-state index contributed by atoms with van der Waals surface area (Å²) in [5.41, 5.74) is 1.33. The minimum Gasteiger partial charge on any atom is -0.493 e. The summed E-state index contributed by atoms with van der Waals surface area (Å²) in [6.07, 6.45) is 4.64. The molecule has 1 saturated carbocycles. The highest BCUT2D eigenvalue weighted by Crippen LogP contribution is 2.37. The Kier molecular flexibility index (Phi) is 3.83. The molecular formula is C15H20BrNO2. The molecular weight excluding hydrogens is 306 g/mol. The Morgan fingerprint density at radius 3 is 3.00 bits per heavy atom. The predicted octanol–water partition coefficient (Wildman–Crippen LogP) is 3.43. The lowest BCUT2D eigenvalue weighted by Crippen LogP contribution is -2.49. The van der Waals surface area contributed by atoms with Gasteiger partial charge in [0.05, 0.1) is 12.2 Å². The molecule has 0 radical (unpaired) electrons. The maximum absolute atomic E-state index is 5.72. The first-order valence-electron chi connectivity index (χ1n) is 6.93. The van der Waals surface area contributed by atoms with Gasteiger partial charge >= 0.3 is 0 Å². The molecule has 0 amide bonds. The van der Waals surface area contributed by atoms with Gasteiger partial charge in [0.15, 0.2) is 0 Å². The van der Waals surface area contributed by atoms with E-state index in [1.54, 1.807) is 0 Å². The number of ether oxygens (including phenoxy) is 2. The monoisotopic (exact) mass is 325 g/mol. The zero-order valence-electron chi connectivity index (χ0n) is 11.2. The molecule has 1 atom stereocenters. The zero-order chi connectivity index (χ0) is 13.3. The highest BCUT2D eigenvalue weighted by Gasteiger charge is 2.37. The van der Waals surface area contributed by atoms with E-state index < -0.39 is 0 Å². The Morgan fingerprint density at radius 1 is 1.47 bits per heavy atom. The largest absolute Gasteiger partial charge is 0.493 e. The quantitative estimate of drug-likeness (QED) is 0.919. The van der Waals surface area contributed by atoms with Crippen LogP contribution in [-0.4, -0.2) is 25.9 Å². The van der Waals surface area contributed by atoms with Crippen LogP contribution in [0, 0.1) is 0 Å². The van der Waals surface area contributed by atoms with Gasteiger partial charge in [-0.2, -0.15) is 0 Å². The molecule has 0 bridgehead atoms. The first-order chi connectivity index (χ1) is 9.22. The average molecular weight is 326 g/mol. The zero-order valence-corrected chi connectivity index (χ0v) is 12.8. The van der Waals surface area contributed by atoms with Crippen LogP contribution in [0.5, 0.6) is 5.75 Å². The number of fused-ring (bicyclic) bond motifs is 1. The Bertz CT molecular complexity index is 454. The van der Waals surface area contributed by atoms with Gasteiger partial charge in [0.2, 0.25) is 0 Å². The van der Waals surface area contributed by atoms with Gasteiger partial charge in [0.1, 0.15) is 5.75 Å². The van der Waals surface area contributed by atoms with Crippen molar-refractivity contribution in [1.82, 2.24) is 5.32 Å². The van der Waals surface area contributed by atoms with E-state index in [-0.39, 0.29) is 5.60 Å². The second-order valence-electron chi connectivity index (χ2n) is 5.49. The molecule has 19 heavy (non-hydrogen) atoms. The molecule has 104 valence electrons. The van der Waals surface area contributed by atoms with E-state index in [1.165, 1.54) is 24.8 Å². The highest BCUT2D eigenvalue weighted by atomic mass is 79.9. The fourth-order valence-corrected chi connectivity index (χ4v) is 3.29. The predicted molar refractivity (Wildman–Crippen MR) is 78.6 cm³/mol. The van der Waals surface area contributed by atoms with Crippen molar-refractivity contribution < 1.29 is 9.47 Å². The fourth-order valence-electron chi connectivity index (χ4n) is 2.91. The van der Waals surface area contributed by atoms with Gasteiger partial charge in [-0.15, -0.1) is 0 Å². The normalized spacial score (nSPS) is 24.2. The molecule has 1 aliphatic carbocycles. The van der Waals surface area contributed by atoms with Crippen molar-refractivity contribution in [2.75, 3.05) is 20.3 Å². The molecule has 4 heteroatoms. The third-order valence-electron chi connectivity index (χ3n) is 4.38. The lowest BCUT2D eigenvalue weighted by Gasteiger charge is -2.42. The van der Waals surface area contributed by atoms with Gasteiger partial charge in [-0.3, -0.25) is 0 Å². The van der Waals surface area contributed by atoms with Crippen molar-refractivity contribution in [3.05, 3.63) is 28.2 Å². The van der Waals surface area contributed by atoms with Crippen molar-refractivity contribution in [1.29, 1.82) is 0 Å². The van der Waals surface area contributed by atoms with Crippen LogP contribution < -0.4 is 10.1 Å². The number of nitrogens with one attached hydrogen (secondary N) is 1. The van der Waals surface area contributed by atoms with Crippen LogP contribution in [0.25, 0.3) is 0 Å². The SMILES string of the molecule is COC1(CNC2CCOc3ccc(Br)cc32)CCC1. The second kappa shape index (κ2) is 5.43. The van der Waals surface area contributed by atoms with Crippen molar-refractivity contribution in [2.45, 2.75) is 37.3 Å². The standard InChI is InChI=1S/C15H20BrNO2/c1-18-15(6-2-7-15)10-17-13-5-8-19-14-4-3-11(16)9-12(13)14/h3-4,9,13,17H,2,5-8,10H2,1H3. The van der Waals surface area contributed by atoms with Gasteiger partial charge < -0.3 is 14.8 Å². The fraction of sp³-hybridized carbons (Fsp3) is 0.600. The summed E-state index contributed by atoms with van der Waals surface area (Å²) < 4.78 is 12.5. The lowest BCUT2D eigenvalue weighted by molar-refractivity contribution is -0.0714. The number of hydrogen-bond acceptors (Lipinski definition) is 3. The van der Waals surface area contributed by atoms with Gasteiger partial charge in [-0.05, 0) is 37.5 Å². The van der Waals surface area contributed by atoms with E-state index in [9.17, 15) is 0 Å². The third-order valence-corrected chi connectivity index (χ3v) is 4.87. The molecule has 3 rings (SSSR count). The van der Waals surface area contributed by atoms with Crippen LogP contribution in [0.3, 0.4) is 0 Å². The number of halogens is 1. The van der Waals surface area contributed by atoms with Gasteiger partial charge in [0, 0.05) is 36.2 Å². The Morgan fingerprint density at radius 2 is 2.32 bits per heavy atom. The molecule has 1 aliphatic heterocycles. The van der Waals surface area contributed by atoms with E-state index in [1.807, 2.05) is 19.2 Å². The Hall–Kier alpha value is -0.580. The van der Waals surface area contributed by atoms with Crippen LogP contribution >= 0.6 is 15.9 Å². The van der Waals surface area contributed by atoms with E-state index >= 15 is 0 Å². The molecule has 1 N–H and O–H groups in total. The molecule has 1 unspecified atom stereocenters.